The molecule has 1 aliphatic heterocycles. The van der Waals surface area contributed by atoms with Crippen LogP contribution in [-0.2, 0) is 24.3 Å². The van der Waals surface area contributed by atoms with E-state index in [0.717, 1.165) is 12.1 Å². The molecule has 0 bridgehead atoms. The second kappa shape index (κ2) is 8.74. The number of amides is 1. The Hall–Kier alpha value is -4.01. The number of rotatable bonds is 4. The van der Waals surface area contributed by atoms with E-state index in [2.05, 4.69) is 10.1 Å². The number of hydrogen-bond acceptors (Lipinski definition) is 3. The molecule has 2 heterocycles. The third-order valence-corrected chi connectivity index (χ3v) is 5.81. The van der Waals surface area contributed by atoms with Gasteiger partial charge in [0.15, 0.2) is 11.6 Å². The highest BCUT2D eigenvalue weighted by Crippen LogP contribution is 2.26. The molecule has 0 aliphatic carbocycles. The quantitative estimate of drug-likeness (QED) is 0.408. The van der Waals surface area contributed by atoms with Gasteiger partial charge in [0.1, 0.15) is 29.8 Å². The monoisotopic (exact) mass is 466 g/mol. The van der Waals surface area contributed by atoms with E-state index in [4.69, 9.17) is 0 Å². The molecular weight excluding hydrogens is 448 g/mol. The summed E-state index contributed by atoms with van der Waals surface area (Å²) >= 11 is 0. The number of carbonyl (C=O) groups excluding carboxylic acids is 1. The number of benzene rings is 3. The first kappa shape index (κ1) is 21.8. The summed E-state index contributed by atoms with van der Waals surface area (Å²) < 4.78 is 56.5. The van der Waals surface area contributed by atoms with Crippen LogP contribution in [0.4, 0.5) is 17.6 Å². The first-order valence-electron chi connectivity index (χ1n) is 10.6. The Balaban J connectivity index is 1.46. The Morgan fingerprint density at radius 3 is 2.03 bits per heavy atom. The van der Waals surface area contributed by atoms with Crippen LogP contribution in [0.2, 0.25) is 0 Å². The maximum Gasteiger partial charge on any atom is 0.244 e. The molecule has 1 aromatic heterocycles. The predicted octanol–water partition coefficient (Wildman–Crippen LogP) is 4.75. The van der Waals surface area contributed by atoms with E-state index in [-0.39, 0.29) is 48.9 Å². The Labute approximate surface area is 192 Å². The predicted molar refractivity (Wildman–Crippen MR) is 116 cm³/mol. The van der Waals surface area contributed by atoms with Crippen molar-refractivity contribution in [3.63, 3.8) is 0 Å². The van der Waals surface area contributed by atoms with Gasteiger partial charge in [0, 0.05) is 29.8 Å². The van der Waals surface area contributed by atoms with E-state index in [9.17, 15) is 22.4 Å². The topological polar surface area (TPSA) is 51.0 Å². The number of hydrogen-bond donors (Lipinski definition) is 0. The fraction of sp³-hybridized carbons (Fsp3) is 0.160. The molecule has 0 saturated heterocycles. The van der Waals surface area contributed by atoms with Crippen LogP contribution in [0.5, 0.6) is 0 Å². The average molecular weight is 466 g/mol. The van der Waals surface area contributed by atoms with Gasteiger partial charge in [-0.1, -0.05) is 0 Å². The third-order valence-electron chi connectivity index (χ3n) is 5.81. The van der Waals surface area contributed by atoms with Crippen LogP contribution in [0.15, 0.2) is 60.7 Å². The van der Waals surface area contributed by atoms with Gasteiger partial charge in [-0.15, -0.1) is 5.10 Å². The van der Waals surface area contributed by atoms with Crippen molar-refractivity contribution in [3.8, 4) is 22.8 Å². The smallest absolute Gasteiger partial charge is 0.244 e. The fourth-order valence-corrected chi connectivity index (χ4v) is 4.02. The zero-order chi connectivity index (χ0) is 23.8. The molecule has 5 nitrogen and oxygen atoms in total. The molecule has 0 saturated carbocycles. The van der Waals surface area contributed by atoms with Crippen LogP contribution in [0, 0.1) is 23.3 Å². The standard InChI is InChI=1S/C25H18F4N4O/c26-17-5-1-15(2-6-17)24-30-25(16-3-7-18(27)8-4-16)33(31-24)14-23(34)32-12-11-19-20(13-32)22(29)10-9-21(19)28/h1-10H,11-14H2. The van der Waals surface area contributed by atoms with E-state index in [1.165, 1.54) is 58.1 Å². The molecule has 4 aromatic rings. The molecule has 0 spiro atoms. The van der Waals surface area contributed by atoms with Gasteiger partial charge >= 0.3 is 0 Å². The Morgan fingerprint density at radius 1 is 0.794 bits per heavy atom. The summed E-state index contributed by atoms with van der Waals surface area (Å²) in [5.74, 6) is -1.64. The zero-order valence-corrected chi connectivity index (χ0v) is 17.8. The van der Waals surface area contributed by atoms with Crippen molar-refractivity contribution in [1.82, 2.24) is 19.7 Å². The lowest BCUT2D eigenvalue weighted by Crippen LogP contribution is -2.39. The van der Waals surface area contributed by atoms with E-state index in [1.54, 1.807) is 0 Å². The minimum atomic E-state index is -0.555. The van der Waals surface area contributed by atoms with Crippen molar-refractivity contribution in [3.05, 3.63) is 95.1 Å². The van der Waals surface area contributed by atoms with Crippen LogP contribution in [0.25, 0.3) is 22.8 Å². The van der Waals surface area contributed by atoms with Crippen molar-refractivity contribution in [2.45, 2.75) is 19.5 Å². The molecule has 0 N–H and O–H groups in total. The third kappa shape index (κ3) is 4.16. The van der Waals surface area contributed by atoms with Crippen LogP contribution in [-0.4, -0.2) is 32.1 Å². The molecule has 1 aliphatic rings. The van der Waals surface area contributed by atoms with Gasteiger partial charge in [-0.3, -0.25) is 4.79 Å². The molecule has 34 heavy (non-hydrogen) atoms. The normalized spacial score (nSPS) is 13.1. The molecule has 0 atom stereocenters. The van der Waals surface area contributed by atoms with Crippen molar-refractivity contribution >= 4 is 5.91 Å². The number of carbonyl (C=O) groups is 1. The SMILES string of the molecule is O=C(Cn1nc(-c2ccc(F)cc2)nc1-c1ccc(F)cc1)N1CCc2c(F)ccc(F)c2C1. The Kier molecular flexibility index (Phi) is 5.61. The lowest BCUT2D eigenvalue weighted by atomic mass is 9.98. The first-order chi connectivity index (χ1) is 16.4. The van der Waals surface area contributed by atoms with Crippen LogP contribution in [0.1, 0.15) is 11.1 Å². The van der Waals surface area contributed by atoms with E-state index < -0.39 is 23.3 Å². The molecule has 9 heteroatoms. The van der Waals surface area contributed by atoms with Gasteiger partial charge in [0.05, 0.1) is 0 Å². The molecule has 172 valence electrons. The highest BCUT2D eigenvalue weighted by Gasteiger charge is 2.26. The molecular formula is C25H18F4N4O. The van der Waals surface area contributed by atoms with Crippen molar-refractivity contribution < 1.29 is 22.4 Å². The highest BCUT2D eigenvalue weighted by molar-refractivity contribution is 5.77. The molecule has 0 unspecified atom stereocenters. The van der Waals surface area contributed by atoms with Crippen molar-refractivity contribution in [2.75, 3.05) is 6.54 Å². The molecule has 3 aromatic carbocycles. The van der Waals surface area contributed by atoms with Crippen molar-refractivity contribution in [2.24, 2.45) is 0 Å². The van der Waals surface area contributed by atoms with Crippen LogP contribution < -0.4 is 0 Å². The van der Waals surface area contributed by atoms with Gasteiger partial charge in [0.25, 0.3) is 0 Å². The van der Waals surface area contributed by atoms with Crippen LogP contribution >= 0.6 is 0 Å². The molecule has 0 radical (unpaired) electrons. The maximum absolute atomic E-state index is 14.3. The lowest BCUT2D eigenvalue weighted by Gasteiger charge is -2.29. The van der Waals surface area contributed by atoms with Gasteiger partial charge in [-0.2, -0.15) is 0 Å². The number of aromatic nitrogens is 3. The summed E-state index contributed by atoms with van der Waals surface area (Å²) in [6.45, 7) is -0.0338. The summed E-state index contributed by atoms with van der Waals surface area (Å²) in [5.41, 5.74) is 1.53. The zero-order valence-electron chi connectivity index (χ0n) is 17.8. The number of halogens is 4. The Bertz CT molecular complexity index is 1370. The molecule has 5 rings (SSSR count). The van der Waals surface area contributed by atoms with E-state index in [1.807, 2.05) is 0 Å². The van der Waals surface area contributed by atoms with Crippen molar-refractivity contribution in [1.29, 1.82) is 0 Å². The second-order valence-electron chi connectivity index (χ2n) is 7.98. The van der Waals surface area contributed by atoms with Gasteiger partial charge in [-0.25, -0.2) is 27.2 Å². The maximum atomic E-state index is 14.3. The number of fused-ring (bicyclic) bond motifs is 1. The van der Waals surface area contributed by atoms with Gasteiger partial charge < -0.3 is 4.90 Å². The highest BCUT2D eigenvalue weighted by atomic mass is 19.1. The van der Waals surface area contributed by atoms with Crippen LogP contribution in [0.3, 0.4) is 0 Å². The summed E-state index contributed by atoms with van der Waals surface area (Å²) in [4.78, 5) is 19.1. The molecule has 0 fully saturated rings. The Morgan fingerprint density at radius 2 is 1.38 bits per heavy atom. The largest absolute Gasteiger partial charge is 0.336 e. The summed E-state index contributed by atoms with van der Waals surface area (Å²) in [6.07, 6.45) is 0.202. The minimum Gasteiger partial charge on any atom is -0.336 e. The lowest BCUT2D eigenvalue weighted by molar-refractivity contribution is -0.133. The molecule has 1 amide bonds. The minimum absolute atomic E-state index is 0.0524. The van der Waals surface area contributed by atoms with Gasteiger partial charge in [0.2, 0.25) is 5.91 Å². The fourth-order valence-electron chi connectivity index (χ4n) is 4.02. The number of nitrogens with zero attached hydrogens (tertiary/aromatic N) is 4. The summed E-state index contributed by atoms with van der Waals surface area (Å²) in [6, 6.07) is 13.3. The van der Waals surface area contributed by atoms with E-state index >= 15 is 0 Å². The van der Waals surface area contributed by atoms with Gasteiger partial charge in [-0.05, 0) is 72.6 Å². The summed E-state index contributed by atoms with van der Waals surface area (Å²) in [7, 11) is 0. The second-order valence-corrected chi connectivity index (χ2v) is 7.98. The summed E-state index contributed by atoms with van der Waals surface area (Å²) in [5, 5.41) is 4.43. The van der Waals surface area contributed by atoms with E-state index in [0.29, 0.717) is 17.0 Å². The first-order valence-corrected chi connectivity index (χ1v) is 10.6. The average Bonchev–Trinajstić information content (AvgIpc) is 3.26.